The zero-order chi connectivity index (χ0) is 20.3. The summed E-state index contributed by atoms with van der Waals surface area (Å²) in [6.45, 7) is 0. The largest absolute Gasteiger partial charge is 0.495 e. The monoisotopic (exact) mass is 402 g/mol. The molecular formula is C20H16F2N2O3S. The topological polar surface area (TPSA) is 60.3 Å². The van der Waals surface area contributed by atoms with Gasteiger partial charge in [-0.3, -0.25) is 9.59 Å². The Morgan fingerprint density at radius 2 is 1.93 bits per heavy atom. The Hall–Kier alpha value is -3.26. The summed E-state index contributed by atoms with van der Waals surface area (Å²) in [5.74, 6) is -1.87. The van der Waals surface area contributed by atoms with Crippen molar-refractivity contribution in [2.24, 2.45) is 7.05 Å². The molecule has 0 saturated heterocycles. The van der Waals surface area contributed by atoms with Crippen molar-refractivity contribution in [1.82, 2.24) is 4.57 Å². The smallest absolute Gasteiger partial charge is 0.268 e. The Bertz CT molecular complexity index is 1210. The van der Waals surface area contributed by atoms with Gasteiger partial charge in [-0.05, 0) is 35.9 Å². The van der Waals surface area contributed by atoms with E-state index in [9.17, 15) is 18.4 Å². The second kappa shape index (κ2) is 8.18. The molecule has 8 heteroatoms. The molecule has 0 unspecified atom stereocenters. The molecule has 1 N–H and O–H groups in total. The maximum absolute atomic E-state index is 13.4. The van der Waals surface area contributed by atoms with Gasteiger partial charge in [0.15, 0.2) is 11.6 Å². The van der Waals surface area contributed by atoms with Crippen LogP contribution >= 0.6 is 11.3 Å². The number of nitrogens with zero attached hydrogens (tertiary/aromatic N) is 1. The number of thiazole rings is 1. The van der Waals surface area contributed by atoms with Crippen molar-refractivity contribution in [2.45, 2.75) is 0 Å². The Labute approximate surface area is 162 Å². The average Bonchev–Trinajstić information content (AvgIpc) is 2.93. The molecule has 5 nitrogen and oxygen atoms in total. The van der Waals surface area contributed by atoms with Gasteiger partial charge in [-0.1, -0.05) is 18.2 Å². The molecule has 0 aliphatic rings. The van der Waals surface area contributed by atoms with E-state index in [-0.39, 0.29) is 5.56 Å². The van der Waals surface area contributed by atoms with Crippen molar-refractivity contribution < 1.29 is 18.3 Å². The second-order valence-electron chi connectivity index (χ2n) is 5.82. The third-order valence-electron chi connectivity index (χ3n) is 3.92. The van der Waals surface area contributed by atoms with Crippen LogP contribution in [0.4, 0.5) is 14.5 Å². The number of hydrogen-bond acceptors (Lipinski definition) is 4. The normalized spacial score (nSPS) is 12.3. The fourth-order valence-electron chi connectivity index (χ4n) is 2.49. The minimum absolute atomic E-state index is 0.296. The molecule has 0 radical (unpaired) electrons. The average molecular weight is 402 g/mol. The lowest BCUT2D eigenvalue weighted by atomic mass is 10.2. The van der Waals surface area contributed by atoms with Crippen LogP contribution < -0.4 is 24.8 Å². The van der Waals surface area contributed by atoms with Crippen molar-refractivity contribution in [3.05, 3.63) is 79.2 Å². The number of methoxy groups -OCH3 is 1. The first-order valence-electron chi connectivity index (χ1n) is 8.17. The number of benzene rings is 2. The van der Waals surface area contributed by atoms with Crippen molar-refractivity contribution in [1.29, 1.82) is 0 Å². The van der Waals surface area contributed by atoms with Crippen LogP contribution in [0.2, 0.25) is 0 Å². The lowest BCUT2D eigenvalue weighted by Gasteiger charge is -2.07. The summed E-state index contributed by atoms with van der Waals surface area (Å²) >= 11 is 1.07. The third-order valence-corrected chi connectivity index (χ3v) is 5.03. The quantitative estimate of drug-likeness (QED) is 0.726. The van der Waals surface area contributed by atoms with Crippen LogP contribution in [-0.4, -0.2) is 17.6 Å². The van der Waals surface area contributed by atoms with E-state index in [1.807, 2.05) is 0 Å². The van der Waals surface area contributed by atoms with Crippen LogP contribution in [0.5, 0.6) is 5.75 Å². The summed E-state index contributed by atoms with van der Waals surface area (Å²) in [4.78, 5) is 24.7. The van der Waals surface area contributed by atoms with Gasteiger partial charge in [-0.2, -0.15) is 0 Å². The van der Waals surface area contributed by atoms with Gasteiger partial charge in [0, 0.05) is 13.1 Å². The van der Waals surface area contributed by atoms with E-state index in [2.05, 4.69) is 5.32 Å². The van der Waals surface area contributed by atoms with Gasteiger partial charge in [0.05, 0.1) is 17.3 Å². The number of para-hydroxylation sites is 2. The molecule has 1 aromatic heterocycles. The first kappa shape index (κ1) is 19.5. The lowest BCUT2D eigenvalue weighted by molar-refractivity contribution is -0.110. The minimum Gasteiger partial charge on any atom is -0.495 e. The molecule has 0 fully saturated rings. The molecule has 3 aromatic rings. The van der Waals surface area contributed by atoms with Crippen molar-refractivity contribution in [3.63, 3.8) is 0 Å². The van der Waals surface area contributed by atoms with Crippen LogP contribution in [0.15, 0.2) is 47.3 Å². The van der Waals surface area contributed by atoms with Gasteiger partial charge in [0.2, 0.25) is 0 Å². The molecule has 0 bridgehead atoms. The summed E-state index contributed by atoms with van der Waals surface area (Å²) in [6.07, 6.45) is 2.74. The van der Waals surface area contributed by atoms with Crippen molar-refractivity contribution >= 4 is 35.1 Å². The number of aromatic nitrogens is 1. The van der Waals surface area contributed by atoms with E-state index in [0.717, 1.165) is 23.5 Å². The second-order valence-corrected chi connectivity index (χ2v) is 6.88. The molecular weight excluding hydrogens is 386 g/mol. The molecule has 0 atom stereocenters. The highest BCUT2D eigenvalue weighted by molar-refractivity contribution is 7.07. The van der Waals surface area contributed by atoms with E-state index in [1.165, 1.54) is 36.9 Å². The van der Waals surface area contributed by atoms with E-state index >= 15 is 0 Å². The minimum atomic E-state index is -0.995. The van der Waals surface area contributed by atoms with Crippen LogP contribution in [-0.2, 0) is 11.8 Å². The number of carbonyl (C=O) groups excluding carboxylic acids is 1. The SMILES string of the molecule is COc1ccccc1NC(=O)/C=c1\s/c(=C\c2ccc(F)c(F)c2)c(=O)n1C. The number of anilines is 1. The number of halogens is 2. The van der Waals surface area contributed by atoms with Crippen molar-refractivity contribution in [2.75, 3.05) is 12.4 Å². The highest BCUT2D eigenvalue weighted by Crippen LogP contribution is 2.22. The predicted molar refractivity (Wildman–Crippen MR) is 105 cm³/mol. The fourth-order valence-corrected chi connectivity index (χ4v) is 3.52. The highest BCUT2D eigenvalue weighted by Gasteiger charge is 2.07. The van der Waals surface area contributed by atoms with Gasteiger partial charge >= 0.3 is 0 Å². The molecule has 2 aromatic carbocycles. The van der Waals surface area contributed by atoms with E-state index in [0.29, 0.717) is 26.2 Å². The summed E-state index contributed by atoms with van der Waals surface area (Å²) < 4.78 is 33.6. The van der Waals surface area contributed by atoms with Crippen LogP contribution in [0.3, 0.4) is 0 Å². The standard InChI is InChI=1S/C20H16F2N2O3S/c1-24-19(11-18(25)23-15-5-3-4-6-16(15)27-2)28-17(20(24)26)10-12-7-8-13(21)14(22)9-12/h3-11H,1-2H3,(H,23,25)/b17-10-,19-11-. The zero-order valence-electron chi connectivity index (χ0n) is 15.0. The zero-order valence-corrected chi connectivity index (χ0v) is 15.8. The summed E-state index contributed by atoms with van der Waals surface area (Å²) in [7, 11) is 3.03. The Balaban J connectivity index is 1.96. The fraction of sp³-hybridized carbons (Fsp3) is 0.100. The molecule has 0 saturated carbocycles. The number of rotatable bonds is 4. The Morgan fingerprint density at radius 1 is 1.18 bits per heavy atom. The number of hydrogen-bond donors (Lipinski definition) is 1. The summed E-state index contributed by atoms with van der Waals surface area (Å²) in [6, 6.07) is 10.3. The summed E-state index contributed by atoms with van der Waals surface area (Å²) in [5.41, 5.74) is 0.510. The number of amides is 1. The molecule has 3 rings (SSSR count). The summed E-state index contributed by atoms with van der Waals surface area (Å²) in [5, 5.41) is 2.70. The molecule has 1 heterocycles. The molecule has 0 spiro atoms. The molecule has 0 aliphatic carbocycles. The third kappa shape index (κ3) is 4.17. The van der Waals surface area contributed by atoms with Gasteiger partial charge in [0.1, 0.15) is 10.4 Å². The Morgan fingerprint density at radius 3 is 2.64 bits per heavy atom. The number of carbonyl (C=O) groups is 1. The highest BCUT2D eigenvalue weighted by atomic mass is 32.1. The van der Waals surface area contributed by atoms with Gasteiger partial charge in [-0.25, -0.2) is 8.78 Å². The lowest BCUT2D eigenvalue weighted by Crippen LogP contribution is -2.29. The van der Waals surface area contributed by atoms with E-state index in [1.54, 1.807) is 24.3 Å². The molecule has 1 amide bonds. The van der Waals surface area contributed by atoms with Crippen molar-refractivity contribution in [3.8, 4) is 5.75 Å². The Kier molecular flexibility index (Phi) is 5.70. The van der Waals surface area contributed by atoms with Gasteiger partial charge in [0.25, 0.3) is 11.5 Å². The first-order valence-corrected chi connectivity index (χ1v) is 8.99. The maximum atomic E-state index is 13.4. The van der Waals surface area contributed by atoms with E-state index in [4.69, 9.17) is 4.74 Å². The first-order chi connectivity index (χ1) is 13.4. The van der Waals surface area contributed by atoms with Crippen LogP contribution in [0, 0.1) is 11.6 Å². The van der Waals surface area contributed by atoms with E-state index < -0.39 is 17.5 Å². The van der Waals surface area contributed by atoms with Gasteiger partial charge in [-0.15, -0.1) is 11.3 Å². The predicted octanol–water partition coefficient (Wildman–Crippen LogP) is 1.98. The number of nitrogens with one attached hydrogen (secondary N) is 1. The maximum Gasteiger partial charge on any atom is 0.268 e. The van der Waals surface area contributed by atoms with Gasteiger partial charge < -0.3 is 14.6 Å². The molecule has 144 valence electrons. The molecule has 0 aliphatic heterocycles. The molecule has 28 heavy (non-hydrogen) atoms. The number of ether oxygens (including phenoxy) is 1. The van der Waals surface area contributed by atoms with Crippen LogP contribution in [0.1, 0.15) is 5.56 Å². The van der Waals surface area contributed by atoms with Crippen LogP contribution in [0.25, 0.3) is 12.2 Å².